The molecule has 0 unspecified atom stereocenters. The van der Waals surface area contributed by atoms with Gasteiger partial charge in [-0.3, -0.25) is 4.79 Å². The molecule has 1 aliphatic rings. The highest BCUT2D eigenvalue weighted by Crippen LogP contribution is 2.35. The summed E-state index contributed by atoms with van der Waals surface area (Å²) in [7, 11) is -2.25. The summed E-state index contributed by atoms with van der Waals surface area (Å²) in [5.74, 6) is -0.0589. The molecule has 160 valence electrons. The molecule has 0 aliphatic carbocycles. The van der Waals surface area contributed by atoms with E-state index in [0.29, 0.717) is 55.8 Å². The topological polar surface area (TPSA) is 98.1 Å². The molecular formula is C20H28N2O6S. The van der Waals surface area contributed by atoms with Crippen molar-refractivity contribution in [2.75, 3.05) is 46.6 Å². The molecule has 0 atom stereocenters. The highest BCUT2D eigenvalue weighted by atomic mass is 32.2. The summed E-state index contributed by atoms with van der Waals surface area (Å²) in [5, 5.41) is 0.641. The molecule has 1 aromatic heterocycles. The largest absolute Gasteiger partial charge is 0.449 e. The summed E-state index contributed by atoms with van der Waals surface area (Å²) in [4.78, 5) is 14.7. The molecule has 2 aromatic rings. The van der Waals surface area contributed by atoms with Gasteiger partial charge >= 0.3 is 0 Å². The van der Waals surface area contributed by atoms with Crippen molar-refractivity contribution in [3.05, 3.63) is 28.5 Å². The number of ether oxygens (including phenoxy) is 2. The van der Waals surface area contributed by atoms with Crippen LogP contribution in [0.3, 0.4) is 0 Å². The van der Waals surface area contributed by atoms with Crippen molar-refractivity contribution in [2.45, 2.75) is 32.1 Å². The molecule has 1 fully saturated rings. The lowest BCUT2D eigenvalue weighted by atomic mass is 10.0. The van der Waals surface area contributed by atoms with Gasteiger partial charge in [-0.1, -0.05) is 0 Å². The van der Waals surface area contributed by atoms with Crippen LogP contribution in [0.25, 0.3) is 11.0 Å². The fourth-order valence-corrected chi connectivity index (χ4v) is 4.99. The van der Waals surface area contributed by atoms with Gasteiger partial charge in [-0.15, -0.1) is 0 Å². The van der Waals surface area contributed by atoms with Gasteiger partial charge in [0.1, 0.15) is 4.90 Å². The lowest BCUT2D eigenvalue weighted by Gasteiger charge is -2.26. The molecular weight excluding hydrogens is 396 g/mol. The van der Waals surface area contributed by atoms with Crippen LogP contribution in [-0.4, -0.2) is 65.8 Å². The molecule has 0 spiro atoms. The van der Waals surface area contributed by atoms with Crippen LogP contribution in [0.5, 0.6) is 0 Å². The van der Waals surface area contributed by atoms with Crippen molar-refractivity contribution in [1.82, 2.24) is 9.62 Å². The molecule has 0 saturated carbocycles. The number of aryl methyl sites for hydroxylation is 2. The Hall–Kier alpha value is -1.94. The van der Waals surface area contributed by atoms with Gasteiger partial charge in [0, 0.05) is 44.3 Å². The number of nitrogens with one attached hydrogen (secondary N) is 1. The smallest absolute Gasteiger partial charge is 0.290 e. The number of hydrogen-bond donors (Lipinski definition) is 1. The molecule has 1 aliphatic heterocycles. The molecule has 1 N–H and O–H groups in total. The van der Waals surface area contributed by atoms with Crippen LogP contribution in [0.15, 0.2) is 15.4 Å². The van der Waals surface area contributed by atoms with E-state index in [9.17, 15) is 13.2 Å². The fraction of sp³-hybridized carbons (Fsp3) is 0.550. The van der Waals surface area contributed by atoms with Gasteiger partial charge in [0.25, 0.3) is 5.91 Å². The summed E-state index contributed by atoms with van der Waals surface area (Å²) in [5.41, 5.74) is 2.30. The molecule has 1 saturated heterocycles. The number of sulfonamides is 1. The SMILES string of the molecule is COCCCNS(=O)(=O)c1c(C)c(C)cc2c(C)c(C(=O)N3CCOCC3)oc12. The lowest BCUT2D eigenvalue weighted by Crippen LogP contribution is -2.40. The number of methoxy groups -OCH3 is 1. The number of carbonyl (C=O) groups excluding carboxylic acids is 1. The maximum absolute atomic E-state index is 13.1. The quantitative estimate of drug-likeness (QED) is 0.684. The number of nitrogens with zero attached hydrogens (tertiary/aromatic N) is 1. The standard InChI is InChI=1S/C20H28N2O6S/c1-13-12-16-15(3)17(20(23)22-7-10-27-11-8-22)28-18(16)19(14(13)2)29(24,25)21-6-5-9-26-4/h12,21H,5-11H2,1-4H3. The number of hydrogen-bond acceptors (Lipinski definition) is 6. The van der Waals surface area contributed by atoms with Crippen LogP contribution in [0.4, 0.5) is 0 Å². The Morgan fingerprint density at radius 2 is 1.90 bits per heavy atom. The van der Waals surface area contributed by atoms with Gasteiger partial charge < -0.3 is 18.8 Å². The van der Waals surface area contributed by atoms with Crippen LogP contribution in [0.1, 0.15) is 33.7 Å². The average molecular weight is 425 g/mol. The number of rotatable bonds is 7. The Labute approximate surface area is 171 Å². The Balaban J connectivity index is 2.06. The number of amides is 1. The van der Waals surface area contributed by atoms with Crippen molar-refractivity contribution in [3.63, 3.8) is 0 Å². The monoisotopic (exact) mass is 424 g/mol. The third kappa shape index (κ3) is 4.32. The van der Waals surface area contributed by atoms with Crippen molar-refractivity contribution in [1.29, 1.82) is 0 Å². The number of morpholine rings is 1. The van der Waals surface area contributed by atoms with Gasteiger partial charge in [0.15, 0.2) is 11.3 Å². The molecule has 3 rings (SSSR count). The minimum absolute atomic E-state index is 0.0917. The average Bonchev–Trinajstić information content (AvgIpc) is 3.02. The Morgan fingerprint density at radius 3 is 2.55 bits per heavy atom. The third-order valence-corrected chi connectivity index (χ3v) is 6.88. The van der Waals surface area contributed by atoms with Gasteiger partial charge in [0.2, 0.25) is 10.0 Å². The van der Waals surface area contributed by atoms with Crippen molar-refractivity contribution >= 4 is 26.9 Å². The predicted octanol–water partition coefficient (Wildman–Crippen LogP) is 2.15. The van der Waals surface area contributed by atoms with Gasteiger partial charge in [-0.25, -0.2) is 13.1 Å². The second-order valence-electron chi connectivity index (χ2n) is 7.23. The van der Waals surface area contributed by atoms with Crippen LogP contribution < -0.4 is 4.72 Å². The summed E-state index contributed by atoms with van der Waals surface area (Å²) in [6.07, 6.45) is 0.557. The van der Waals surface area contributed by atoms with E-state index in [0.717, 1.165) is 5.56 Å². The molecule has 1 amide bonds. The molecule has 0 radical (unpaired) electrons. The van der Waals surface area contributed by atoms with Crippen molar-refractivity contribution in [3.8, 4) is 0 Å². The first-order valence-electron chi connectivity index (χ1n) is 9.67. The first-order valence-corrected chi connectivity index (χ1v) is 11.1. The summed E-state index contributed by atoms with van der Waals surface area (Å²) in [6, 6.07) is 1.88. The van der Waals surface area contributed by atoms with E-state index in [1.807, 2.05) is 13.0 Å². The zero-order valence-corrected chi connectivity index (χ0v) is 18.1. The Bertz CT molecular complexity index is 1010. The second-order valence-corrected chi connectivity index (χ2v) is 8.93. The first kappa shape index (κ1) is 21.8. The van der Waals surface area contributed by atoms with Crippen molar-refractivity contribution < 1.29 is 27.1 Å². The first-order chi connectivity index (χ1) is 13.8. The number of fused-ring (bicyclic) bond motifs is 1. The molecule has 1 aromatic carbocycles. The number of carbonyl (C=O) groups is 1. The van der Waals surface area contributed by atoms with Crippen LogP contribution in [-0.2, 0) is 19.5 Å². The summed E-state index contributed by atoms with van der Waals surface area (Å²) in [6.45, 7) is 8.04. The molecule has 8 nitrogen and oxygen atoms in total. The zero-order chi connectivity index (χ0) is 21.2. The zero-order valence-electron chi connectivity index (χ0n) is 17.3. The van der Waals surface area contributed by atoms with Crippen LogP contribution >= 0.6 is 0 Å². The molecule has 29 heavy (non-hydrogen) atoms. The summed E-state index contributed by atoms with van der Waals surface area (Å²) >= 11 is 0. The van der Waals surface area contributed by atoms with Crippen LogP contribution in [0.2, 0.25) is 0 Å². The predicted molar refractivity (Wildman–Crippen MR) is 109 cm³/mol. The van der Waals surface area contributed by atoms with E-state index in [1.165, 1.54) is 0 Å². The highest BCUT2D eigenvalue weighted by molar-refractivity contribution is 7.89. The normalized spacial score (nSPS) is 15.2. The minimum atomic E-state index is -3.82. The number of benzene rings is 1. The van der Waals surface area contributed by atoms with E-state index < -0.39 is 10.0 Å². The van der Waals surface area contributed by atoms with E-state index in [2.05, 4.69) is 4.72 Å². The highest BCUT2D eigenvalue weighted by Gasteiger charge is 2.30. The van der Waals surface area contributed by atoms with E-state index in [4.69, 9.17) is 13.9 Å². The molecule has 9 heteroatoms. The van der Waals surface area contributed by atoms with E-state index >= 15 is 0 Å². The Kier molecular flexibility index (Phi) is 6.62. The number of furan rings is 1. The molecule has 0 bridgehead atoms. The van der Waals surface area contributed by atoms with Gasteiger partial charge in [-0.2, -0.15) is 0 Å². The van der Waals surface area contributed by atoms with Gasteiger partial charge in [0.05, 0.1) is 13.2 Å². The molecule has 2 heterocycles. The maximum atomic E-state index is 13.1. The Morgan fingerprint density at radius 1 is 1.21 bits per heavy atom. The maximum Gasteiger partial charge on any atom is 0.290 e. The second kappa shape index (κ2) is 8.83. The fourth-order valence-electron chi connectivity index (χ4n) is 3.48. The van der Waals surface area contributed by atoms with Crippen LogP contribution in [0, 0.1) is 20.8 Å². The van der Waals surface area contributed by atoms with E-state index in [1.54, 1.807) is 25.9 Å². The van der Waals surface area contributed by atoms with Gasteiger partial charge in [-0.05, 0) is 44.4 Å². The van der Waals surface area contributed by atoms with E-state index in [-0.39, 0.29) is 28.7 Å². The lowest BCUT2D eigenvalue weighted by molar-refractivity contribution is 0.0283. The third-order valence-electron chi connectivity index (χ3n) is 5.27. The van der Waals surface area contributed by atoms with Crippen molar-refractivity contribution in [2.24, 2.45) is 0 Å². The summed E-state index contributed by atoms with van der Waals surface area (Å²) < 4.78 is 44.9. The minimum Gasteiger partial charge on any atom is -0.449 e.